The SMILES string of the molecule is CC(C)(O)c1cc(-c2ccc(-c3ccnc(Cl)c3)s2)n(-c2ccccc2Cl)n1. The van der Waals surface area contributed by atoms with Crippen LogP contribution in [-0.4, -0.2) is 19.9 Å². The van der Waals surface area contributed by atoms with Crippen molar-refractivity contribution >= 4 is 34.5 Å². The fourth-order valence-corrected chi connectivity index (χ4v) is 4.24. The van der Waals surface area contributed by atoms with Crippen LogP contribution in [0.25, 0.3) is 26.7 Å². The van der Waals surface area contributed by atoms with Crippen LogP contribution >= 0.6 is 34.5 Å². The molecular formula is C21H17Cl2N3OS. The zero-order chi connectivity index (χ0) is 19.9. The molecule has 0 saturated carbocycles. The van der Waals surface area contributed by atoms with Crippen LogP contribution < -0.4 is 0 Å². The first kappa shape index (κ1) is 19.2. The predicted octanol–water partition coefficient (Wildman–Crippen LogP) is 6.20. The monoisotopic (exact) mass is 429 g/mol. The first-order valence-electron chi connectivity index (χ1n) is 8.63. The van der Waals surface area contributed by atoms with Gasteiger partial charge in [0.25, 0.3) is 0 Å². The van der Waals surface area contributed by atoms with E-state index in [2.05, 4.69) is 10.1 Å². The van der Waals surface area contributed by atoms with Gasteiger partial charge < -0.3 is 5.11 Å². The maximum absolute atomic E-state index is 10.5. The number of nitrogens with zero attached hydrogens (tertiary/aromatic N) is 3. The molecule has 4 nitrogen and oxygen atoms in total. The quantitative estimate of drug-likeness (QED) is 0.393. The summed E-state index contributed by atoms with van der Waals surface area (Å²) >= 11 is 14.1. The van der Waals surface area contributed by atoms with Gasteiger partial charge in [-0.05, 0) is 61.9 Å². The van der Waals surface area contributed by atoms with Crippen molar-refractivity contribution in [1.82, 2.24) is 14.8 Å². The van der Waals surface area contributed by atoms with Gasteiger partial charge >= 0.3 is 0 Å². The van der Waals surface area contributed by atoms with E-state index in [9.17, 15) is 5.11 Å². The van der Waals surface area contributed by atoms with Gasteiger partial charge in [-0.25, -0.2) is 9.67 Å². The normalized spacial score (nSPS) is 11.8. The average Bonchev–Trinajstić information content (AvgIpc) is 3.29. The third-order valence-electron chi connectivity index (χ3n) is 4.29. The van der Waals surface area contributed by atoms with E-state index in [1.165, 1.54) is 0 Å². The maximum atomic E-state index is 10.5. The highest BCUT2D eigenvalue weighted by Crippen LogP contribution is 2.38. The lowest BCUT2D eigenvalue weighted by molar-refractivity contribution is 0.0734. The number of pyridine rings is 1. The Morgan fingerprint density at radius 3 is 2.46 bits per heavy atom. The van der Waals surface area contributed by atoms with Crippen LogP contribution in [0.3, 0.4) is 0 Å². The summed E-state index contributed by atoms with van der Waals surface area (Å²) in [7, 11) is 0. The first-order valence-corrected chi connectivity index (χ1v) is 10.2. The van der Waals surface area contributed by atoms with Crippen LogP contribution in [0.1, 0.15) is 19.5 Å². The van der Waals surface area contributed by atoms with Crippen molar-refractivity contribution < 1.29 is 5.11 Å². The summed E-state index contributed by atoms with van der Waals surface area (Å²) in [6.07, 6.45) is 1.69. The summed E-state index contributed by atoms with van der Waals surface area (Å²) in [6.45, 7) is 3.43. The number of aromatic nitrogens is 3. The van der Waals surface area contributed by atoms with Crippen molar-refractivity contribution in [3.8, 4) is 26.7 Å². The van der Waals surface area contributed by atoms with E-state index in [0.29, 0.717) is 15.9 Å². The van der Waals surface area contributed by atoms with Gasteiger partial charge in [0.15, 0.2) is 0 Å². The van der Waals surface area contributed by atoms with Crippen molar-refractivity contribution in [2.75, 3.05) is 0 Å². The molecule has 0 atom stereocenters. The van der Waals surface area contributed by atoms with Crippen LogP contribution in [0.15, 0.2) is 60.8 Å². The van der Waals surface area contributed by atoms with E-state index in [0.717, 1.165) is 26.7 Å². The number of thiophene rings is 1. The molecule has 4 aromatic rings. The summed E-state index contributed by atoms with van der Waals surface area (Å²) in [5, 5.41) is 16.2. The molecule has 28 heavy (non-hydrogen) atoms. The number of rotatable bonds is 4. The Morgan fingerprint density at radius 1 is 1.00 bits per heavy atom. The largest absolute Gasteiger partial charge is 0.384 e. The molecule has 0 bridgehead atoms. The molecule has 1 N–H and O–H groups in total. The number of para-hydroxylation sites is 1. The van der Waals surface area contributed by atoms with Crippen molar-refractivity contribution in [3.05, 3.63) is 76.7 Å². The fraction of sp³-hybridized carbons (Fsp3) is 0.143. The molecule has 3 aromatic heterocycles. The zero-order valence-electron chi connectivity index (χ0n) is 15.2. The fourth-order valence-electron chi connectivity index (χ4n) is 2.85. The topological polar surface area (TPSA) is 50.9 Å². The lowest BCUT2D eigenvalue weighted by atomic mass is 10.1. The van der Waals surface area contributed by atoms with Gasteiger partial charge in [-0.15, -0.1) is 11.3 Å². The molecule has 0 radical (unpaired) electrons. The summed E-state index contributed by atoms with van der Waals surface area (Å²) in [5.41, 5.74) is 2.13. The van der Waals surface area contributed by atoms with Gasteiger partial charge in [0, 0.05) is 11.1 Å². The van der Waals surface area contributed by atoms with Gasteiger partial charge in [0.1, 0.15) is 10.8 Å². The standard InChI is InChI=1S/C21H17Cl2N3OS/c1-21(2,27)19-12-16(26(25-19)15-6-4-3-5-14(15)22)18-8-7-17(28-18)13-9-10-24-20(23)11-13/h3-12,27H,1-2H3. The lowest BCUT2D eigenvalue weighted by Gasteiger charge is -2.13. The van der Waals surface area contributed by atoms with Crippen molar-refractivity contribution in [3.63, 3.8) is 0 Å². The van der Waals surface area contributed by atoms with Gasteiger partial charge in [-0.2, -0.15) is 5.10 Å². The number of aliphatic hydroxyl groups is 1. The third kappa shape index (κ3) is 3.71. The van der Waals surface area contributed by atoms with Gasteiger partial charge in [0.2, 0.25) is 0 Å². The number of hydrogen-bond donors (Lipinski definition) is 1. The minimum Gasteiger partial charge on any atom is -0.384 e. The smallest absolute Gasteiger partial charge is 0.129 e. The molecular weight excluding hydrogens is 413 g/mol. The predicted molar refractivity (Wildman–Crippen MR) is 115 cm³/mol. The van der Waals surface area contributed by atoms with E-state index < -0.39 is 5.60 Å². The second-order valence-corrected chi connectivity index (χ2v) is 8.75. The number of halogens is 2. The molecule has 0 saturated heterocycles. The molecule has 3 heterocycles. The summed E-state index contributed by atoms with van der Waals surface area (Å²) in [4.78, 5) is 6.11. The Hall–Kier alpha value is -2.18. The van der Waals surface area contributed by atoms with Crippen LogP contribution in [0.2, 0.25) is 10.2 Å². The molecule has 0 aliphatic carbocycles. The highest BCUT2D eigenvalue weighted by atomic mass is 35.5. The van der Waals surface area contributed by atoms with Gasteiger partial charge in [0.05, 0.1) is 27.0 Å². The molecule has 0 aliphatic rings. The van der Waals surface area contributed by atoms with Crippen molar-refractivity contribution in [2.24, 2.45) is 0 Å². The van der Waals surface area contributed by atoms with E-state index in [1.54, 1.807) is 36.1 Å². The molecule has 0 amide bonds. The first-order chi connectivity index (χ1) is 13.3. The number of benzene rings is 1. The summed E-state index contributed by atoms with van der Waals surface area (Å²) in [6, 6.07) is 17.3. The molecule has 0 aliphatic heterocycles. The lowest BCUT2D eigenvalue weighted by Crippen LogP contribution is -2.16. The van der Waals surface area contributed by atoms with Crippen LogP contribution in [0.5, 0.6) is 0 Å². The minimum absolute atomic E-state index is 0.456. The average molecular weight is 430 g/mol. The third-order valence-corrected chi connectivity index (χ3v) is 5.97. The Kier molecular flexibility index (Phi) is 5.02. The summed E-state index contributed by atoms with van der Waals surface area (Å²) < 4.78 is 1.78. The molecule has 0 unspecified atom stereocenters. The van der Waals surface area contributed by atoms with E-state index in [-0.39, 0.29) is 0 Å². The second kappa shape index (κ2) is 7.33. The Balaban J connectivity index is 1.86. The molecule has 7 heteroatoms. The van der Waals surface area contributed by atoms with Crippen LogP contribution in [0.4, 0.5) is 0 Å². The Morgan fingerprint density at radius 2 is 1.75 bits per heavy atom. The molecule has 0 fully saturated rings. The molecule has 0 spiro atoms. The maximum Gasteiger partial charge on any atom is 0.129 e. The van der Waals surface area contributed by atoms with Gasteiger partial charge in [-0.1, -0.05) is 35.3 Å². The molecule has 4 rings (SSSR count). The van der Waals surface area contributed by atoms with E-state index in [1.807, 2.05) is 54.6 Å². The minimum atomic E-state index is -1.07. The number of hydrogen-bond acceptors (Lipinski definition) is 4. The molecule has 1 aromatic carbocycles. The van der Waals surface area contributed by atoms with Crippen LogP contribution in [-0.2, 0) is 5.60 Å². The van der Waals surface area contributed by atoms with Gasteiger partial charge in [-0.3, -0.25) is 0 Å². The highest BCUT2D eigenvalue weighted by molar-refractivity contribution is 7.18. The van der Waals surface area contributed by atoms with E-state index >= 15 is 0 Å². The molecule has 142 valence electrons. The Labute approximate surface area is 177 Å². The zero-order valence-corrected chi connectivity index (χ0v) is 17.6. The van der Waals surface area contributed by atoms with Crippen molar-refractivity contribution in [1.29, 1.82) is 0 Å². The van der Waals surface area contributed by atoms with Crippen LogP contribution in [0, 0.1) is 0 Å². The Bertz CT molecular complexity index is 1140. The van der Waals surface area contributed by atoms with E-state index in [4.69, 9.17) is 23.2 Å². The second-order valence-electron chi connectivity index (χ2n) is 6.87. The summed E-state index contributed by atoms with van der Waals surface area (Å²) in [5.74, 6) is 0. The van der Waals surface area contributed by atoms with Crippen molar-refractivity contribution in [2.45, 2.75) is 19.4 Å². The highest BCUT2D eigenvalue weighted by Gasteiger charge is 2.24.